The van der Waals surface area contributed by atoms with Crippen molar-refractivity contribution < 1.29 is 9.34 Å². The number of nitrogens with zero attached hydrogens (tertiary/aromatic N) is 6. The minimum atomic E-state index is -0.589. The van der Waals surface area contributed by atoms with Crippen LogP contribution in [0.25, 0.3) is 0 Å². The zero-order valence-corrected chi connectivity index (χ0v) is 17.4. The van der Waals surface area contributed by atoms with Crippen LogP contribution >= 0.6 is 23.2 Å². The highest BCUT2D eigenvalue weighted by atomic mass is 35.5. The Labute approximate surface area is 182 Å². The van der Waals surface area contributed by atoms with Crippen LogP contribution in [0.1, 0.15) is 11.3 Å². The minimum Gasteiger partial charge on any atom is -0.400 e. The molecule has 9 nitrogen and oxygen atoms in total. The van der Waals surface area contributed by atoms with E-state index in [1.165, 1.54) is 18.3 Å². The number of rotatable bonds is 5. The lowest BCUT2D eigenvalue weighted by Gasteiger charge is -2.60. The average Bonchev–Trinajstić information content (AvgIpc) is 3.16. The highest BCUT2D eigenvalue weighted by Crippen LogP contribution is 2.39. The van der Waals surface area contributed by atoms with E-state index in [9.17, 15) is 10.1 Å². The molecule has 0 saturated carbocycles. The molecule has 4 aliphatic heterocycles. The van der Waals surface area contributed by atoms with Crippen LogP contribution in [0.4, 0.5) is 5.88 Å². The number of hydrogen-bond donors (Lipinski definition) is 0. The van der Waals surface area contributed by atoms with E-state index in [0.717, 1.165) is 50.9 Å². The van der Waals surface area contributed by atoms with Crippen LogP contribution < -0.4 is 0 Å². The summed E-state index contributed by atoms with van der Waals surface area (Å²) in [5.41, 5.74) is 1.45. The molecule has 156 valence electrons. The third kappa shape index (κ3) is 3.52. The SMILES string of the molecule is O=[N+]([O-])c1ccc(C=NN=C(c2ccc(Cl)c(Cl)c2)C23CN4CN(CN(C4)C2)C3)o1. The third-order valence-corrected chi connectivity index (χ3v) is 6.35. The number of hydrogen-bond acceptors (Lipinski definition) is 8. The summed E-state index contributed by atoms with van der Waals surface area (Å²) >= 11 is 12.4. The molecule has 0 atom stereocenters. The first-order chi connectivity index (χ1) is 14.4. The summed E-state index contributed by atoms with van der Waals surface area (Å²) in [7, 11) is 0. The smallest absolute Gasteiger partial charge is 0.400 e. The monoisotopic (exact) mass is 448 g/mol. The normalized spacial score (nSPS) is 30.3. The van der Waals surface area contributed by atoms with Crippen LogP contribution in [0.2, 0.25) is 10.0 Å². The molecule has 0 aliphatic carbocycles. The molecule has 4 bridgehead atoms. The molecule has 5 heterocycles. The van der Waals surface area contributed by atoms with Crippen LogP contribution in [0.5, 0.6) is 0 Å². The lowest BCUT2D eigenvalue weighted by Crippen LogP contribution is -2.74. The van der Waals surface area contributed by atoms with Gasteiger partial charge in [-0.2, -0.15) is 10.2 Å². The molecule has 6 rings (SSSR count). The van der Waals surface area contributed by atoms with Crippen molar-refractivity contribution in [1.82, 2.24) is 14.7 Å². The van der Waals surface area contributed by atoms with Gasteiger partial charge < -0.3 is 4.42 Å². The van der Waals surface area contributed by atoms with Gasteiger partial charge in [-0.25, -0.2) is 0 Å². The largest absolute Gasteiger partial charge is 0.433 e. The predicted molar refractivity (Wildman–Crippen MR) is 113 cm³/mol. The number of nitro groups is 1. The van der Waals surface area contributed by atoms with Crippen molar-refractivity contribution in [2.45, 2.75) is 0 Å². The van der Waals surface area contributed by atoms with Crippen molar-refractivity contribution in [3.05, 3.63) is 61.8 Å². The van der Waals surface area contributed by atoms with E-state index in [2.05, 4.69) is 24.9 Å². The predicted octanol–water partition coefficient (Wildman–Crippen LogP) is 3.12. The van der Waals surface area contributed by atoms with E-state index >= 15 is 0 Å². The van der Waals surface area contributed by atoms with Gasteiger partial charge in [-0.05, 0) is 18.2 Å². The first-order valence-electron chi connectivity index (χ1n) is 9.40. The molecule has 0 unspecified atom stereocenters. The molecule has 4 aliphatic rings. The van der Waals surface area contributed by atoms with Gasteiger partial charge >= 0.3 is 5.88 Å². The standard InChI is InChI=1S/C19H18Cl2N6O3/c20-15-3-1-13(5-16(15)21)18(23-22-6-14-2-4-17(30-14)27(28)29)19-7-24-10-25(8-19)12-26(9-19)11-24/h1-6H,7-12H2. The molecule has 4 fully saturated rings. The Balaban J connectivity index is 1.53. The van der Waals surface area contributed by atoms with E-state index < -0.39 is 4.92 Å². The van der Waals surface area contributed by atoms with Crippen LogP contribution in [-0.4, -0.2) is 71.2 Å². The van der Waals surface area contributed by atoms with Gasteiger partial charge in [-0.15, -0.1) is 0 Å². The van der Waals surface area contributed by atoms with Gasteiger partial charge in [0.25, 0.3) is 0 Å². The van der Waals surface area contributed by atoms with Gasteiger partial charge in [-0.3, -0.25) is 24.8 Å². The molecular formula is C19H18Cl2N6O3. The summed E-state index contributed by atoms with van der Waals surface area (Å²) in [5, 5.41) is 20.5. The summed E-state index contributed by atoms with van der Waals surface area (Å²) in [6, 6.07) is 8.25. The number of benzene rings is 1. The second kappa shape index (κ2) is 7.44. The fourth-order valence-electron chi connectivity index (χ4n) is 4.71. The zero-order chi connectivity index (χ0) is 20.9. The minimum absolute atomic E-state index is 0.224. The van der Waals surface area contributed by atoms with E-state index in [4.69, 9.17) is 27.6 Å². The average molecular weight is 449 g/mol. The summed E-state index contributed by atoms with van der Waals surface area (Å²) in [6.07, 6.45) is 1.38. The summed E-state index contributed by atoms with van der Waals surface area (Å²) in [6.45, 7) is 5.48. The third-order valence-electron chi connectivity index (χ3n) is 5.61. The van der Waals surface area contributed by atoms with Crippen molar-refractivity contribution in [3.63, 3.8) is 0 Å². The maximum atomic E-state index is 10.8. The van der Waals surface area contributed by atoms with Crippen LogP contribution in [0, 0.1) is 15.5 Å². The van der Waals surface area contributed by atoms with Gasteiger partial charge in [0.2, 0.25) is 0 Å². The van der Waals surface area contributed by atoms with E-state index in [1.807, 2.05) is 12.1 Å². The van der Waals surface area contributed by atoms with Gasteiger partial charge in [0, 0.05) is 25.2 Å². The Hall–Kier alpha value is -2.30. The Kier molecular flexibility index (Phi) is 4.87. The fraction of sp³-hybridized carbons (Fsp3) is 0.368. The van der Waals surface area contributed by atoms with Gasteiger partial charge in [0.1, 0.15) is 4.92 Å². The van der Waals surface area contributed by atoms with Crippen LogP contribution in [-0.2, 0) is 0 Å². The summed E-state index contributed by atoms with van der Waals surface area (Å²) < 4.78 is 5.14. The maximum absolute atomic E-state index is 10.8. The van der Waals surface area contributed by atoms with E-state index in [1.54, 1.807) is 6.07 Å². The van der Waals surface area contributed by atoms with Crippen molar-refractivity contribution in [3.8, 4) is 0 Å². The molecule has 0 N–H and O–H groups in total. The molecule has 1 aromatic heterocycles. The van der Waals surface area contributed by atoms with Gasteiger partial charge in [-0.1, -0.05) is 29.3 Å². The second-order valence-electron chi connectivity index (χ2n) is 7.95. The molecule has 0 spiro atoms. The highest BCUT2D eigenvalue weighted by molar-refractivity contribution is 6.42. The summed E-state index contributed by atoms with van der Waals surface area (Å²) in [5.74, 6) is -0.0691. The zero-order valence-electron chi connectivity index (χ0n) is 15.9. The lowest BCUT2D eigenvalue weighted by molar-refractivity contribution is -0.402. The lowest BCUT2D eigenvalue weighted by atomic mass is 9.74. The molecule has 4 saturated heterocycles. The van der Waals surface area contributed by atoms with Gasteiger partial charge in [0.05, 0.1) is 53.5 Å². The first-order valence-corrected chi connectivity index (χ1v) is 10.2. The maximum Gasteiger partial charge on any atom is 0.433 e. The van der Waals surface area contributed by atoms with Crippen LogP contribution in [0.3, 0.4) is 0 Å². The highest BCUT2D eigenvalue weighted by Gasteiger charge is 2.51. The first kappa shape index (κ1) is 19.7. The Morgan fingerprint density at radius 1 is 1.07 bits per heavy atom. The van der Waals surface area contributed by atoms with Crippen LogP contribution in [0.15, 0.2) is 45.0 Å². The number of halogens is 2. The van der Waals surface area contributed by atoms with Crippen molar-refractivity contribution in [2.24, 2.45) is 15.6 Å². The summed E-state index contributed by atoms with van der Waals surface area (Å²) in [4.78, 5) is 17.4. The van der Waals surface area contributed by atoms with E-state index in [-0.39, 0.29) is 17.1 Å². The molecule has 0 amide bonds. The molecule has 0 radical (unpaired) electrons. The Morgan fingerprint density at radius 3 is 2.30 bits per heavy atom. The van der Waals surface area contributed by atoms with E-state index in [0.29, 0.717) is 10.0 Å². The topological polar surface area (TPSA) is 90.7 Å². The van der Waals surface area contributed by atoms with Crippen molar-refractivity contribution in [1.29, 1.82) is 0 Å². The quantitative estimate of drug-likeness (QED) is 0.396. The molecule has 30 heavy (non-hydrogen) atoms. The van der Waals surface area contributed by atoms with Gasteiger partial charge in [0.15, 0.2) is 5.76 Å². The Bertz CT molecular complexity index is 1030. The molecule has 11 heteroatoms. The molecule has 2 aromatic rings. The van der Waals surface area contributed by atoms with Crippen molar-refractivity contribution in [2.75, 3.05) is 39.6 Å². The number of furan rings is 1. The van der Waals surface area contributed by atoms with Crippen molar-refractivity contribution >= 4 is 41.0 Å². The molecule has 1 aromatic carbocycles. The molecular weight excluding hydrogens is 431 g/mol. The fourth-order valence-corrected chi connectivity index (χ4v) is 5.01. The second-order valence-corrected chi connectivity index (χ2v) is 8.76. The Morgan fingerprint density at radius 2 is 1.73 bits per heavy atom.